The van der Waals surface area contributed by atoms with Gasteiger partial charge in [-0.2, -0.15) is 0 Å². The van der Waals surface area contributed by atoms with Crippen LogP contribution in [0, 0.1) is 0 Å². The summed E-state index contributed by atoms with van der Waals surface area (Å²) in [5.74, 6) is 1.06. The maximum absolute atomic E-state index is 9.42. The average Bonchev–Trinajstić information content (AvgIpc) is 2.18. The van der Waals surface area contributed by atoms with E-state index in [9.17, 15) is 5.11 Å². The number of hydrogen-bond acceptors (Lipinski definition) is 2. The number of rotatable bonds is 4. The van der Waals surface area contributed by atoms with Gasteiger partial charge in [0.25, 0.3) is 0 Å². The Bertz CT molecular complexity index is 264. The van der Waals surface area contributed by atoms with Gasteiger partial charge in [-0.05, 0) is 31.5 Å². The van der Waals surface area contributed by atoms with Crippen molar-refractivity contribution in [2.75, 3.05) is 6.61 Å². The Morgan fingerprint density at radius 3 is 2.21 bits per heavy atom. The molecule has 0 aromatic heterocycles. The number of hydrogen-bond donors (Lipinski definition) is 1. The number of benzene rings is 1. The highest BCUT2D eigenvalue weighted by Gasteiger charge is 2.10. The van der Waals surface area contributed by atoms with Crippen molar-refractivity contribution in [3.05, 3.63) is 29.8 Å². The molecule has 1 aromatic rings. The molecule has 0 bridgehead atoms. The molecule has 1 rings (SSSR count). The topological polar surface area (TPSA) is 29.5 Å². The van der Waals surface area contributed by atoms with Crippen LogP contribution >= 0.6 is 0 Å². The van der Waals surface area contributed by atoms with Crippen LogP contribution < -0.4 is 4.74 Å². The van der Waals surface area contributed by atoms with Gasteiger partial charge in [-0.1, -0.05) is 19.1 Å². The van der Waals surface area contributed by atoms with E-state index < -0.39 is 0 Å². The van der Waals surface area contributed by atoms with Gasteiger partial charge in [0.2, 0.25) is 0 Å². The molecule has 1 N–H and O–H groups in total. The molecule has 0 aliphatic heterocycles. The van der Waals surface area contributed by atoms with Crippen LogP contribution in [0.2, 0.25) is 0 Å². The fourth-order valence-electron chi connectivity index (χ4n) is 1.31. The Hall–Kier alpha value is -1.02. The zero-order chi connectivity index (χ0) is 10.6. The van der Waals surface area contributed by atoms with E-state index in [1.54, 1.807) is 6.92 Å². The van der Waals surface area contributed by atoms with E-state index in [4.69, 9.17) is 4.74 Å². The lowest BCUT2D eigenvalue weighted by Gasteiger charge is -2.15. The van der Waals surface area contributed by atoms with Gasteiger partial charge in [-0.15, -0.1) is 0 Å². The smallest absolute Gasteiger partial charge is 0.119 e. The van der Waals surface area contributed by atoms with Crippen LogP contribution in [0.4, 0.5) is 0 Å². The first-order chi connectivity index (χ1) is 6.65. The molecule has 0 saturated heterocycles. The van der Waals surface area contributed by atoms with Gasteiger partial charge in [-0.25, -0.2) is 0 Å². The predicted octanol–water partition coefficient (Wildman–Crippen LogP) is 2.57. The van der Waals surface area contributed by atoms with Crippen LogP contribution in [0.1, 0.15) is 32.3 Å². The van der Waals surface area contributed by atoms with Gasteiger partial charge in [0.05, 0.1) is 12.7 Å². The lowest BCUT2D eigenvalue weighted by atomic mass is 9.96. The first-order valence-electron chi connectivity index (χ1n) is 5.06. The standard InChI is InChI=1S/C12H18O2/c1-4-14-12-7-5-11(6-8-12)9(2)10(3)13/h5-10,13H,4H2,1-3H3. The van der Waals surface area contributed by atoms with Crippen molar-refractivity contribution >= 4 is 0 Å². The molecule has 0 spiro atoms. The highest BCUT2D eigenvalue weighted by atomic mass is 16.5. The first kappa shape index (κ1) is 11.1. The van der Waals surface area contributed by atoms with Crippen molar-refractivity contribution in [2.45, 2.75) is 32.8 Å². The maximum atomic E-state index is 9.42. The zero-order valence-corrected chi connectivity index (χ0v) is 9.03. The van der Waals surface area contributed by atoms with Crippen LogP contribution in [0.5, 0.6) is 5.75 Å². The van der Waals surface area contributed by atoms with E-state index >= 15 is 0 Å². The predicted molar refractivity (Wildman–Crippen MR) is 57.7 cm³/mol. The average molecular weight is 194 g/mol. The van der Waals surface area contributed by atoms with Gasteiger partial charge in [-0.3, -0.25) is 0 Å². The summed E-state index contributed by atoms with van der Waals surface area (Å²) in [6.07, 6.45) is -0.312. The Kier molecular flexibility index (Phi) is 3.96. The number of aliphatic hydroxyl groups is 1. The number of ether oxygens (including phenoxy) is 1. The van der Waals surface area contributed by atoms with Gasteiger partial charge >= 0.3 is 0 Å². The van der Waals surface area contributed by atoms with Crippen LogP contribution in [0.3, 0.4) is 0 Å². The van der Waals surface area contributed by atoms with Gasteiger partial charge in [0.1, 0.15) is 5.75 Å². The van der Waals surface area contributed by atoms with E-state index in [-0.39, 0.29) is 12.0 Å². The second-order valence-electron chi connectivity index (χ2n) is 3.53. The van der Waals surface area contributed by atoms with Crippen molar-refractivity contribution in [3.63, 3.8) is 0 Å². The lowest BCUT2D eigenvalue weighted by Crippen LogP contribution is -2.10. The van der Waals surface area contributed by atoms with E-state index in [0.717, 1.165) is 11.3 Å². The molecule has 0 amide bonds. The molecule has 78 valence electrons. The first-order valence-corrected chi connectivity index (χ1v) is 5.06. The molecule has 0 saturated carbocycles. The molecule has 0 aliphatic carbocycles. The molecule has 0 fully saturated rings. The summed E-state index contributed by atoms with van der Waals surface area (Å²) in [6, 6.07) is 7.89. The third-order valence-corrected chi connectivity index (χ3v) is 2.44. The quantitative estimate of drug-likeness (QED) is 0.798. The molecule has 0 aliphatic rings. The molecule has 14 heavy (non-hydrogen) atoms. The molecule has 2 heteroatoms. The minimum atomic E-state index is -0.312. The molecule has 0 heterocycles. The van der Waals surface area contributed by atoms with Crippen LogP contribution in [0.15, 0.2) is 24.3 Å². The summed E-state index contributed by atoms with van der Waals surface area (Å²) >= 11 is 0. The van der Waals surface area contributed by atoms with Crippen LogP contribution in [-0.4, -0.2) is 17.8 Å². The maximum Gasteiger partial charge on any atom is 0.119 e. The summed E-state index contributed by atoms with van der Waals surface area (Å²) < 4.78 is 5.34. The SMILES string of the molecule is CCOc1ccc(C(C)C(C)O)cc1. The summed E-state index contributed by atoms with van der Waals surface area (Å²) in [5, 5.41) is 9.42. The zero-order valence-electron chi connectivity index (χ0n) is 9.03. The fraction of sp³-hybridized carbons (Fsp3) is 0.500. The lowest BCUT2D eigenvalue weighted by molar-refractivity contribution is 0.169. The van der Waals surface area contributed by atoms with E-state index in [0.29, 0.717) is 6.61 Å². The van der Waals surface area contributed by atoms with Gasteiger partial charge in [0.15, 0.2) is 0 Å². The summed E-state index contributed by atoms with van der Waals surface area (Å²) in [4.78, 5) is 0. The van der Waals surface area contributed by atoms with E-state index in [1.165, 1.54) is 0 Å². The third-order valence-electron chi connectivity index (χ3n) is 2.44. The molecular formula is C12H18O2. The summed E-state index contributed by atoms with van der Waals surface area (Å²) in [7, 11) is 0. The molecular weight excluding hydrogens is 176 g/mol. The minimum absolute atomic E-state index is 0.172. The van der Waals surface area contributed by atoms with Crippen molar-refractivity contribution in [3.8, 4) is 5.75 Å². The molecule has 2 unspecified atom stereocenters. The second kappa shape index (κ2) is 5.01. The van der Waals surface area contributed by atoms with Gasteiger partial charge < -0.3 is 9.84 Å². The van der Waals surface area contributed by atoms with Gasteiger partial charge in [0, 0.05) is 5.92 Å². The van der Waals surface area contributed by atoms with Crippen molar-refractivity contribution in [2.24, 2.45) is 0 Å². The fourth-order valence-corrected chi connectivity index (χ4v) is 1.31. The summed E-state index contributed by atoms with van der Waals surface area (Å²) in [5.41, 5.74) is 1.14. The third kappa shape index (κ3) is 2.74. The van der Waals surface area contributed by atoms with Crippen molar-refractivity contribution < 1.29 is 9.84 Å². The molecule has 2 nitrogen and oxygen atoms in total. The van der Waals surface area contributed by atoms with E-state index in [1.807, 2.05) is 38.1 Å². The molecule has 1 aromatic carbocycles. The molecule has 2 atom stereocenters. The Labute approximate surface area is 85.5 Å². The Balaban J connectivity index is 2.72. The van der Waals surface area contributed by atoms with Crippen LogP contribution in [0.25, 0.3) is 0 Å². The number of aliphatic hydroxyl groups excluding tert-OH is 1. The van der Waals surface area contributed by atoms with E-state index in [2.05, 4.69) is 0 Å². The minimum Gasteiger partial charge on any atom is -0.494 e. The Morgan fingerprint density at radius 2 is 1.79 bits per heavy atom. The van der Waals surface area contributed by atoms with Crippen molar-refractivity contribution in [1.29, 1.82) is 0 Å². The van der Waals surface area contributed by atoms with Crippen LogP contribution in [-0.2, 0) is 0 Å². The highest BCUT2D eigenvalue weighted by molar-refractivity contribution is 5.29. The summed E-state index contributed by atoms with van der Waals surface area (Å²) in [6.45, 7) is 6.47. The monoisotopic (exact) mass is 194 g/mol. The highest BCUT2D eigenvalue weighted by Crippen LogP contribution is 2.21. The largest absolute Gasteiger partial charge is 0.494 e. The second-order valence-corrected chi connectivity index (χ2v) is 3.53. The normalized spacial score (nSPS) is 14.9. The van der Waals surface area contributed by atoms with Crippen molar-refractivity contribution in [1.82, 2.24) is 0 Å². The Morgan fingerprint density at radius 1 is 1.21 bits per heavy atom. The molecule has 0 radical (unpaired) electrons.